The van der Waals surface area contributed by atoms with E-state index in [1.54, 1.807) is 22.6 Å². The second kappa shape index (κ2) is 4.09. The molecule has 1 rings (SSSR count). The standard InChI is InChI=1S/C6H7I2N3O2/c7-4-3(10-2-11-4)1-6(8,9)5(12)13/h2H,1,9H2,(H,10,11)(H,12,13)/t6-/m0/s1. The quantitative estimate of drug-likeness (QED) is 0.392. The summed E-state index contributed by atoms with van der Waals surface area (Å²) >= 11 is 3.74. The lowest BCUT2D eigenvalue weighted by Crippen LogP contribution is -2.43. The first-order chi connectivity index (χ1) is 5.93. The molecule has 72 valence electrons. The molecule has 1 aromatic heterocycles. The van der Waals surface area contributed by atoms with E-state index in [9.17, 15) is 4.79 Å². The van der Waals surface area contributed by atoms with Crippen LogP contribution in [0.4, 0.5) is 0 Å². The largest absolute Gasteiger partial charge is 0.479 e. The number of hydrogen-bond donors (Lipinski definition) is 3. The van der Waals surface area contributed by atoms with Gasteiger partial charge in [0.1, 0.15) is 3.70 Å². The van der Waals surface area contributed by atoms with Gasteiger partial charge in [0.2, 0.25) is 0 Å². The van der Waals surface area contributed by atoms with E-state index in [1.807, 2.05) is 22.6 Å². The molecule has 0 aromatic carbocycles. The molecule has 7 heteroatoms. The molecule has 1 atom stereocenters. The van der Waals surface area contributed by atoms with Crippen molar-refractivity contribution < 1.29 is 9.90 Å². The van der Waals surface area contributed by atoms with E-state index >= 15 is 0 Å². The summed E-state index contributed by atoms with van der Waals surface area (Å²) < 4.78 is -0.519. The van der Waals surface area contributed by atoms with Crippen LogP contribution < -0.4 is 5.73 Å². The zero-order valence-corrected chi connectivity index (χ0v) is 10.7. The van der Waals surface area contributed by atoms with Crippen LogP contribution in [0.2, 0.25) is 0 Å². The summed E-state index contributed by atoms with van der Waals surface area (Å²) in [6.45, 7) is 0. The molecule has 0 unspecified atom stereocenters. The van der Waals surface area contributed by atoms with Crippen LogP contribution in [0.25, 0.3) is 0 Å². The Labute approximate surface area is 102 Å². The lowest BCUT2D eigenvalue weighted by molar-refractivity contribution is -0.139. The molecular weight excluding hydrogens is 400 g/mol. The summed E-state index contributed by atoms with van der Waals surface area (Å²) in [6, 6.07) is 0. The van der Waals surface area contributed by atoms with Crippen LogP contribution in [0, 0.1) is 3.70 Å². The Morgan fingerprint density at radius 3 is 2.85 bits per heavy atom. The van der Waals surface area contributed by atoms with Crippen LogP contribution in [0.1, 0.15) is 5.69 Å². The maximum Gasteiger partial charge on any atom is 0.334 e. The number of nitrogens with two attached hydrogens (primary N) is 1. The van der Waals surface area contributed by atoms with Crippen molar-refractivity contribution in [1.82, 2.24) is 9.97 Å². The van der Waals surface area contributed by atoms with E-state index in [0.717, 1.165) is 9.39 Å². The van der Waals surface area contributed by atoms with Crippen molar-refractivity contribution in [3.8, 4) is 0 Å². The Morgan fingerprint density at radius 2 is 2.46 bits per heavy atom. The highest BCUT2D eigenvalue weighted by Crippen LogP contribution is 2.19. The van der Waals surface area contributed by atoms with E-state index in [2.05, 4.69) is 9.97 Å². The van der Waals surface area contributed by atoms with Crippen LogP contribution in [0.15, 0.2) is 6.33 Å². The number of imidazole rings is 1. The number of carboxylic acid groups (broad SMARTS) is 1. The minimum Gasteiger partial charge on any atom is -0.479 e. The summed E-state index contributed by atoms with van der Waals surface area (Å²) in [5, 5.41) is 8.76. The number of rotatable bonds is 3. The lowest BCUT2D eigenvalue weighted by atomic mass is 10.2. The van der Waals surface area contributed by atoms with E-state index in [4.69, 9.17) is 10.8 Å². The van der Waals surface area contributed by atoms with Gasteiger partial charge in [0.05, 0.1) is 12.0 Å². The Hall–Kier alpha value is 0.1000. The highest BCUT2D eigenvalue weighted by atomic mass is 127. The van der Waals surface area contributed by atoms with Crippen LogP contribution in [-0.2, 0) is 11.2 Å². The SMILES string of the molecule is N[C@@](I)(Cc1[nH]cnc1I)C(=O)O. The normalized spacial score (nSPS) is 15.3. The number of aromatic nitrogens is 2. The first kappa shape index (κ1) is 11.2. The van der Waals surface area contributed by atoms with Crippen molar-refractivity contribution in [3.63, 3.8) is 0 Å². The van der Waals surface area contributed by atoms with E-state index in [1.165, 1.54) is 6.33 Å². The van der Waals surface area contributed by atoms with Crippen LogP contribution in [-0.4, -0.2) is 24.6 Å². The monoisotopic (exact) mass is 407 g/mol. The number of nitrogens with zero attached hydrogens (tertiary/aromatic N) is 1. The number of aromatic amines is 1. The summed E-state index contributed by atoms with van der Waals surface area (Å²) in [6.07, 6.45) is 1.76. The predicted octanol–water partition coefficient (Wildman–Crippen LogP) is 0.731. The molecule has 0 saturated carbocycles. The van der Waals surface area contributed by atoms with Gasteiger partial charge in [-0.1, -0.05) is 0 Å². The van der Waals surface area contributed by atoms with Gasteiger partial charge >= 0.3 is 5.97 Å². The molecule has 0 aliphatic rings. The van der Waals surface area contributed by atoms with Crippen LogP contribution in [0.5, 0.6) is 0 Å². The molecule has 0 bridgehead atoms. The van der Waals surface area contributed by atoms with Crippen molar-refractivity contribution in [1.29, 1.82) is 0 Å². The molecule has 0 aliphatic heterocycles. The van der Waals surface area contributed by atoms with Crippen molar-refractivity contribution in [2.45, 2.75) is 9.97 Å². The Bertz CT molecular complexity index is 323. The fraction of sp³-hybridized carbons (Fsp3) is 0.333. The topological polar surface area (TPSA) is 92.0 Å². The van der Waals surface area contributed by atoms with Crippen molar-refractivity contribution in [2.75, 3.05) is 0 Å². The highest BCUT2D eigenvalue weighted by Gasteiger charge is 2.31. The van der Waals surface area contributed by atoms with Gasteiger partial charge in [-0.2, -0.15) is 0 Å². The molecule has 0 spiro atoms. The van der Waals surface area contributed by atoms with Crippen LogP contribution >= 0.6 is 45.2 Å². The fourth-order valence-corrected chi connectivity index (χ4v) is 1.63. The molecule has 5 nitrogen and oxygen atoms in total. The van der Waals surface area contributed by atoms with Gasteiger partial charge in [-0.3, -0.25) is 0 Å². The number of nitrogens with one attached hydrogen (secondary N) is 1. The third-order valence-corrected chi connectivity index (χ3v) is 3.23. The van der Waals surface area contributed by atoms with Gasteiger partial charge in [-0.25, -0.2) is 9.78 Å². The number of halogens is 2. The molecule has 13 heavy (non-hydrogen) atoms. The fourth-order valence-electron chi connectivity index (χ4n) is 0.761. The Balaban J connectivity index is 2.80. The minimum atomic E-state index is -1.27. The molecule has 0 saturated heterocycles. The van der Waals surface area contributed by atoms with Gasteiger partial charge in [-0.15, -0.1) is 0 Å². The zero-order valence-electron chi connectivity index (χ0n) is 6.42. The first-order valence-electron chi connectivity index (χ1n) is 3.32. The number of carboxylic acids is 1. The minimum absolute atomic E-state index is 0.237. The van der Waals surface area contributed by atoms with E-state index in [0.29, 0.717) is 0 Å². The van der Waals surface area contributed by atoms with Gasteiger partial charge in [-0.05, 0) is 45.2 Å². The number of carbonyl (C=O) groups is 1. The second-order valence-electron chi connectivity index (χ2n) is 2.52. The summed E-state index contributed by atoms with van der Waals surface area (Å²) in [4.78, 5) is 17.5. The van der Waals surface area contributed by atoms with Gasteiger partial charge in [0.25, 0.3) is 0 Å². The second-order valence-corrected chi connectivity index (χ2v) is 5.46. The first-order valence-corrected chi connectivity index (χ1v) is 5.48. The smallest absolute Gasteiger partial charge is 0.334 e. The average Bonchev–Trinajstić information content (AvgIpc) is 2.35. The third-order valence-electron chi connectivity index (χ3n) is 1.46. The van der Waals surface area contributed by atoms with Crippen LogP contribution in [0.3, 0.4) is 0 Å². The zero-order chi connectivity index (χ0) is 10.1. The maximum absolute atomic E-state index is 10.7. The Morgan fingerprint density at radius 1 is 1.85 bits per heavy atom. The number of hydrogen-bond acceptors (Lipinski definition) is 3. The van der Waals surface area contributed by atoms with E-state index < -0.39 is 9.51 Å². The van der Waals surface area contributed by atoms with Crippen molar-refractivity contribution in [3.05, 3.63) is 15.7 Å². The molecule has 0 aliphatic carbocycles. The van der Waals surface area contributed by atoms with Gasteiger partial charge in [0, 0.05) is 6.42 Å². The molecule has 4 N–H and O–H groups in total. The van der Waals surface area contributed by atoms with Crippen molar-refractivity contribution >= 4 is 51.2 Å². The highest BCUT2D eigenvalue weighted by molar-refractivity contribution is 14.1. The van der Waals surface area contributed by atoms with Crippen molar-refractivity contribution in [2.24, 2.45) is 5.73 Å². The molecule has 1 aromatic rings. The van der Waals surface area contributed by atoms with Gasteiger partial charge < -0.3 is 15.8 Å². The lowest BCUT2D eigenvalue weighted by Gasteiger charge is -2.15. The summed E-state index contributed by atoms with van der Waals surface area (Å²) in [7, 11) is 0. The molecule has 1 heterocycles. The molecule has 0 radical (unpaired) electrons. The molecule has 0 amide bonds. The number of alkyl halides is 1. The average molecular weight is 407 g/mol. The number of H-pyrrole nitrogens is 1. The molecule has 0 fully saturated rings. The van der Waals surface area contributed by atoms with E-state index in [-0.39, 0.29) is 6.42 Å². The Kier molecular flexibility index (Phi) is 3.51. The van der Waals surface area contributed by atoms with Gasteiger partial charge in [0.15, 0.2) is 3.55 Å². The summed E-state index contributed by atoms with van der Waals surface area (Å²) in [5.74, 6) is -1.03. The predicted molar refractivity (Wildman–Crippen MR) is 63.6 cm³/mol. The third kappa shape index (κ3) is 2.77. The molecular formula is C6H7I2N3O2. The maximum atomic E-state index is 10.7. The number of aliphatic carboxylic acids is 1. The summed E-state index contributed by atoms with van der Waals surface area (Å²) in [5.41, 5.74) is 6.31.